The molecule has 2 atom stereocenters. The van der Waals surface area contributed by atoms with E-state index in [-0.39, 0.29) is 0 Å². The molecule has 1 aliphatic carbocycles. The molecule has 0 aliphatic heterocycles. The number of nitrogens with one attached hydrogen (secondary N) is 1. The standard InChI is InChI=1S/C14H22N4O/c1-8-6-12(13(14(16)19)9(2)17-8)18-11-5-3-4-10(11)7-15/h6,10-11H,3-5,7,15H2,1-2H3,(H2,16,19)(H,17,18). The fraction of sp³-hybridized carbons (Fsp3) is 0.571. The Morgan fingerprint density at radius 2 is 2.21 bits per heavy atom. The molecule has 1 heterocycles. The van der Waals surface area contributed by atoms with Crippen molar-refractivity contribution in [2.45, 2.75) is 39.2 Å². The highest BCUT2D eigenvalue weighted by Gasteiger charge is 2.27. The number of carbonyl (C=O) groups excluding carboxylic acids is 1. The zero-order valence-electron chi connectivity index (χ0n) is 11.6. The van der Waals surface area contributed by atoms with Gasteiger partial charge in [0.05, 0.1) is 16.9 Å². The molecule has 5 heteroatoms. The lowest BCUT2D eigenvalue weighted by Crippen LogP contribution is -2.31. The molecule has 0 bridgehead atoms. The number of aromatic nitrogens is 1. The number of hydrogen-bond acceptors (Lipinski definition) is 4. The summed E-state index contributed by atoms with van der Waals surface area (Å²) in [6.45, 7) is 4.40. The highest BCUT2D eigenvalue weighted by Crippen LogP contribution is 2.29. The van der Waals surface area contributed by atoms with Gasteiger partial charge in [-0.05, 0) is 45.2 Å². The first-order chi connectivity index (χ1) is 9.02. The molecule has 1 amide bonds. The second-order valence-electron chi connectivity index (χ2n) is 5.31. The highest BCUT2D eigenvalue weighted by atomic mass is 16.1. The number of pyridine rings is 1. The lowest BCUT2D eigenvalue weighted by Gasteiger charge is -2.22. The number of amides is 1. The summed E-state index contributed by atoms with van der Waals surface area (Å²) in [5, 5.41) is 3.45. The van der Waals surface area contributed by atoms with Crippen LogP contribution in [0.2, 0.25) is 0 Å². The molecular weight excluding hydrogens is 240 g/mol. The van der Waals surface area contributed by atoms with E-state index in [0.717, 1.165) is 24.2 Å². The number of hydrogen-bond donors (Lipinski definition) is 3. The van der Waals surface area contributed by atoms with Crippen molar-refractivity contribution < 1.29 is 4.79 Å². The van der Waals surface area contributed by atoms with E-state index in [1.54, 1.807) is 0 Å². The van der Waals surface area contributed by atoms with Crippen LogP contribution in [-0.4, -0.2) is 23.5 Å². The summed E-state index contributed by atoms with van der Waals surface area (Å²) in [7, 11) is 0. The molecule has 5 N–H and O–H groups in total. The smallest absolute Gasteiger partial charge is 0.252 e. The number of nitrogens with two attached hydrogens (primary N) is 2. The molecule has 1 aliphatic rings. The van der Waals surface area contributed by atoms with E-state index >= 15 is 0 Å². The van der Waals surface area contributed by atoms with Crippen LogP contribution in [0.3, 0.4) is 0 Å². The van der Waals surface area contributed by atoms with Gasteiger partial charge in [-0.3, -0.25) is 9.78 Å². The first-order valence-corrected chi connectivity index (χ1v) is 6.77. The first kappa shape index (κ1) is 13.8. The first-order valence-electron chi connectivity index (χ1n) is 6.77. The number of aryl methyl sites for hydroxylation is 2. The molecule has 1 saturated carbocycles. The summed E-state index contributed by atoms with van der Waals surface area (Å²) in [5.41, 5.74) is 14.1. The second-order valence-corrected chi connectivity index (χ2v) is 5.31. The second kappa shape index (κ2) is 5.57. The van der Waals surface area contributed by atoms with E-state index in [4.69, 9.17) is 11.5 Å². The predicted molar refractivity (Wildman–Crippen MR) is 76.0 cm³/mol. The van der Waals surface area contributed by atoms with Crippen molar-refractivity contribution in [2.75, 3.05) is 11.9 Å². The van der Waals surface area contributed by atoms with Gasteiger partial charge in [-0.2, -0.15) is 0 Å². The number of primary amides is 1. The quantitative estimate of drug-likeness (QED) is 0.763. The van der Waals surface area contributed by atoms with Gasteiger partial charge in [0.25, 0.3) is 5.91 Å². The van der Waals surface area contributed by atoms with E-state index in [9.17, 15) is 4.79 Å². The predicted octanol–water partition coefficient (Wildman–Crippen LogP) is 1.34. The normalized spacial score (nSPS) is 22.5. The summed E-state index contributed by atoms with van der Waals surface area (Å²) in [5.74, 6) is 0.0318. The van der Waals surface area contributed by atoms with Crippen LogP contribution in [0.25, 0.3) is 0 Å². The minimum absolute atomic E-state index is 0.323. The van der Waals surface area contributed by atoms with Gasteiger partial charge >= 0.3 is 0 Å². The van der Waals surface area contributed by atoms with Gasteiger partial charge in [0, 0.05) is 11.7 Å². The average molecular weight is 262 g/mol. The Bertz CT molecular complexity index is 487. The van der Waals surface area contributed by atoms with Crippen LogP contribution in [0, 0.1) is 19.8 Å². The molecule has 0 saturated heterocycles. The van der Waals surface area contributed by atoms with Gasteiger partial charge < -0.3 is 16.8 Å². The third-order valence-electron chi connectivity index (χ3n) is 3.88. The number of rotatable bonds is 4. The number of anilines is 1. The van der Waals surface area contributed by atoms with Gasteiger partial charge in [-0.25, -0.2) is 0 Å². The summed E-state index contributed by atoms with van der Waals surface area (Å²) in [6, 6.07) is 2.21. The van der Waals surface area contributed by atoms with Crippen molar-refractivity contribution in [1.29, 1.82) is 0 Å². The van der Waals surface area contributed by atoms with Crippen LogP contribution < -0.4 is 16.8 Å². The maximum Gasteiger partial charge on any atom is 0.252 e. The molecular formula is C14H22N4O. The number of carbonyl (C=O) groups is 1. The van der Waals surface area contributed by atoms with Crippen molar-refractivity contribution in [3.63, 3.8) is 0 Å². The minimum Gasteiger partial charge on any atom is -0.381 e. The van der Waals surface area contributed by atoms with Crippen molar-refractivity contribution in [2.24, 2.45) is 17.4 Å². The molecule has 1 aromatic heterocycles. The number of nitrogens with zero attached hydrogens (tertiary/aromatic N) is 1. The summed E-state index contributed by atoms with van der Waals surface area (Å²) in [4.78, 5) is 15.9. The third kappa shape index (κ3) is 2.87. The van der Waals surface area contributed by atoms with E-state index in [1.165, 1.54) is 6.42 Å². The van der Waals surface area contributed by atoms with Crippen LogP contribution in [0.15, 0.2) is 6.07 Å². The Kier molecular flexibility index (Phi) is 4.04. The Morgan fingerprint density at radius 3 is 2.84 bits per heavy atom. The Morgan fingerprint density at radius 1 is 1.47 bits per heavy atom. The van der Waals surface area contributed by atoms with Crippen LogP contribution in [0.4, 0.5) is 5.69 Å². The van der Waals surface area contributed by atoms with Gasteiger partial charge in [0.2, 0.25) is 0 Å². The molecule has 0 spiro atoms. The largest absolute Gasteiger partial charge is 0.381 e. The maximum atomic E-state index is 11.6. The van der Waals surface area contributed by atoms with Crippen molar-refractivity contribution in [1.82, 2.24) is 4.98 Å². The fourth-order valence-electron chi connectivity index (χ4n) is 2.96. The van der Waals surface area contributed by atoms with Crippen molar-refractivity contribution in [3.8, 4) is 0 Å². The highest BCUT2D eigenvalue weighted by molar-refractivity contribution is 5.99. The van der Waals surface area contributed by atoms with Gasteiger partial charge in [-0.15, -0.1) is 0 Å². The Labute approximate surface area is 113 Å². The lowest BCUT2D eigenvalue weighted by atomic mass is 10.0. The van der Waals surface area contributed by atoms with E-state index in [2.05, 4.69) is 10.3 Å². The average Bonchev–Trinajstić information content (AvgIpc) is 2.74. The van der Waals surface area contributed by atoms with Crippen LogP contribution in [-0.2, 0) is 0 Å². The van der Waals surface area contributed by atoms with E-state index in [0.29, 0.717) is 29.8 Å². The summed E-state index contributed by atoms with van der Waals surface area (Å²) in [6.07, 6.45) is 3.40. The maximum absolute atomic E-state index is 11.6. The van der Waals surface area contributed by atoms with E-state index < -0.39 is 5.91 Å². The lowest BCUT2D eigenvalue weighted by molar-refractivity contribution is 0.1000. The molecule has 1 aromatic rings. The van der Waals surface area contributed by atoms with E-state index in [1.807, 2.05) is 19.9 Å². The van der Waals surface area contributed by atoms with Crippen LogP contribution in [0.1, 0.15) is 41.0 Å². The molecule has 0 aromatic carbocycles. The zero-order chi connectivity index (χ0) is 14.0. The molecule has 2 unspecified atom stereocenters. The van der Waals surface area contributed by atoms with Crippen molar-refractivity contribution >= 4 is 11.6 Å². The summed E-state index contributed by atoms with van der Waals surface area (Å²) < 4.78 is 0. The monoisotopic (exact) mass is 262 g/mol. The molecule has 104 valence electrons. The fourth-order valence-corrected chi connectivity index (χ4v) is 2.96. The minimum atomic E-state index is -0.435. The van der Waals surface area contributed by atoms with Gasteiger partial charge in [-0.1, -0.05) is 6.42 Å². The third-order valence-corrected chi connectivity index (χ3v) is 3.88. The molecule has 5 nitrogen and oxygen atoms in total. The Hall–Kier alpha value is -1.62. The molecule has 1 fully saturated rings. The van der Waals surface area contributed by atoms with Crippen LogP contribution in [0.5, 0.6) is 0 Å². The summed E-state index contributed by atoms with van der Waals surface area (Å²) >= 11 is 0. The molecule has 19 heavy (non-hydrogen) atoms. The van der Waals surface area contributed by atoms with Gasteiger partial charge in [0.1, 0.15) is 0 Å². The molecule has 0 radical (unpaired) electrons. The Balaban J connectivity index is 2.31. The van der Waals surface area contributed by atoms with Crippen LogP contribution >= 0.6 is 0 Å². The zero-order valence-corrected chi connectivity index (χ0v) is 11.6. The SMILES string of the molecule is Cc1cc(NC2CCCC2CN)c(C(N)=O)c(C)n1. The van der Waals surface area contributed by atoms with Gasteiger partial charge in [0.15, 0.2) is 0 Å². The van der Waals surface area contributed by atoms with Crippen molar-refractivity contribution in [3.05, 3.63) is 23.0 Å². The topological polar surface area (TPSA) is 94.0 Å². The molecule has 2 rings (SSSR count).